The van der Waals surface area contributed by atoms with Crippen molar-refractivity contribution >= 4 is 23.2 Å². The molecule has 162 valence electrons. The van der Waals surface area contributed by atoms with E-state index in [1.54, 1.807) is 18.6 Å². The first-order chi connectivity index (χ1) is 15.1. The molecule has 1 aromatic carbocycles. The summed E-state index contributed by atoms with van der Waals surface area (Å²) in [5.41, 5.74) is 9.82. The summed E-state index contributed by atoms with van der Waals surface area (Å²) < 4.78 is 0. The van der Waals surface area contributed by atoms with E-state index in [1.807, 2.05) is 47.4 Å². The number of benzene rings is 1. The van der Waals surface area contributed by atoms with Crippen molar-refractivity contribution in [1.82, 2.24) is 4.98 Å². The minimum absolute atomic E-state index is 0.128. The number of rotatable bonds is 11. The maximum Gasteiger partial charge on any atom is 0.303 e. The number of carboxylic acid groups (broad SMARTS) is 1. The lowest BCUT2D eigenvalue weighted by Crippen LogP contribution is -2.38. The average molecular weight is 420 g/mol. The van der Waals surface area contributed by atoms with Gasteiger partial charge in [0.2, 0.25) is 12.2 Å². The van der Waals surface area contributed by atoms with Crippen molar-refractivity contribution < 1.29 is 9.90 Å². The van der Waals surface area contributed by atoms with Gasteiger partial charge in [0.25, 0.3) is 0 Å². The molecule has 0 aliphatic carbocycles. The molecule has 0 unspecified atom stereocenters. The first-order valence-electron chi connectivity index (χ1n) is 10.5. The molecule has 7 nitrogen and oxygen atoms in total. The Kier molecular flexibility index (Phi) is 9.76. The number of aliphatic carboxylic acids is 1. The molecule has 0 fully saturated rings. The predicted molar refractivity (Wildman–Crippen MR) is 123 cm³/mol. The Morgan fingerprint density at radius 1 is 1.26 bits per heavy atom. The lowest BCUT2D eigenvalue weighted by Gasteiger charge is -2.24. The molecule has 1 aromatic heterocycles. The number of carbonyl (C=O) groups is 1. The van der Waals surface area contributed by atoms with Crippen LogP contribution < -0.4 is 10.6 Å². The fraction of sp³-hybridized carbons (Fsp3) is 0.333. The van der Waals surface area contributed by atoms with Gasteiger partial charge in [-0.05, 0) is 48.6 Å². The van der Waals surface area contributed by atoms with Crippen LogP contribution in [0.4, 0.5) is 5.69 Å². The van der Waals surface area contributed by atoms with E-state index in [0.29, 0.717) is 19.4 Å². The van der Waals surface area contributed by atoms with Gasteiger partial charge < -0.3 is 15.7 Å². The fourth-order valence-electron chi connectivity index (χ4n) is 3.27. The summed E-state index contributed by atoms with van der Waals surface area (Å²) in [6, 6.07) is 11.8. The zero-order valence-electron chi connectivity index (χ0n) is 17.9. The number of allylic oxidation sites excluding steroid dienone is 1. The van der Waals surface area contributed by atoms with Gasteiger partial charge in [0, 0.05) is 36.6 Å². The number of anilines is 1. The molecule has 0 aliphatic heterocycles. The monoisotopic (exact) mass is 419 g/mol. The van der Waals surface area contributed by atoms with Crippen molar-refractivity contribution in [3.05, 3.63) is 66.0 Å². The summed E-state index contributed by atoms with van der Waals surface area (Å²) in [7, 11) is 0. The smallest absolute Gasteiger partial charge is 0.303 e. The number of carboxylic acids is 1. The van der Waals surface area contributed by atoms with Crippen LogP contribution in [-0.4, -0.2) is 28.6 Å². The maximum absolute atomic E-state index is 10.8. The minimum atomic E-state index is -0.798. The normalized spacial score (nSPS) is 11.7. The quantitative estimate of drug-likeness (QED) is 0.239. The fourth-order valence-corrected chi connectivity index (χ4v) is 3.27. The lowest BCUT2D eigenvalue weighted by atomic mass is 9.97. The van der Waals surface area contributed by atoms with E-state index in [9.17, 15) is 4.79 Å². The summed E-state index contributed by atoms with van der Waals surface area (Å²) in [6.45, 7) is 2.80. The molecule has 2 rings (SSSR count). The SMILES string of the molecule is CCCCCN(C(N)=NC#N)c1cccc(C(=CCCCC(=O)O)c2cccnc2)c1. The Morgan fingerprint density at radius 2 is 2.06 bits per heavy atom. The molecular weight excluding hydrogens is 390 g/mol. The largest absolute Gasteiger partial charge is 0.481 e. The van der Waals surface area contributed by atoms with E-state index in [-0.39, 0.29) is 12.4 Å². The number of pyridine rings is 1. The van der Waals surface area contributed by atoms with Crippen LogP contribution in [0.1, 0.15) is 56.6 Å². The van der Waals surface area contributed by atoms with Gasteiger partial charge in [-0.2, -0.15) is 5.26 Å². The molecule has 31 heavy (non-hydrogen) atoms. The number of hydrogen-bond donors (Lipinski definition) is 2. The Hall–Kier alpha value is -3.66. The molecule has 0 radical (unpaired) electrons. The van der Waals surface area contributed by atoms with Crippen molar-refractivity contribution in [2.75, 3.05) is 11.4 Å². The molecule has 3 N–H and O–H groups in total. The Labute approximate surface area is 183 Å². The second kappa shape index (κ2) is 12.8. The second-order valence-electron chi connectivity index (χ2n) is 7.12. The molecular formula is C24H29N5O2. The van der Waals surface area contributed by atoms with Gasteiger partial charge in [-0.1, -0.05) is 44.0 Å². The molecule has 0 spiro atoms. The van der Waals surface area contributed by atoms with Crippen LogP contribution in [0.25, 0.3) is 5.57 Å². The summed E-state index contributed by atoms with van der Waals surface area (Å²) in [5.74, 6) is -0.627. The average Bonchev–Trinajstić information content (AvgIpc) is 2.77. The third-order valence-electron chi connectivity index (χ3n) is 4.81. The van der Waals surface area contributed by atoms with Crippen molar-refractivity contribution in [2.24, 2.45) is 10.7 Å². The minimum Gasteiger partial charge on any atom is -0.481 e. The van der Waals surface area contributed by atoms with E-state index in [0.717, 1.165) is 41.6 Å². The van der Waals surface area contributed by atoms with Crippen molar-refractivity contribution in [1.29, 1.82) is 5.26 Å². The number of hydrogen-bond acceptors (Lipinski definition) is 4. The van der Waals surface area contributed by atoms with Crippen molar-refractivity contribution in [3.8, 4) is 6.19 Å². The van der Waals surface area contributed by atoms with E-state index < -0.39 is 5.97 Å². The van der Waals surface area contributed by atoms with Gasteiger partial charge >= 0.3 is 5.97 Å². The lowest BCUT2D eigenvalue weighted by molar-refractivity contribution is -0.137. The number of nitriles is 1. The number of nitrogens with two attached hydrogens (primary N) is 1. The van der Waals surface area contributed by atoms with Gasteiger partial charge in [-0.25, -0.2) is 0 Å². The van der Waals surface area contributed by atoms with Crippen LogP contribution in [0.5, 0.6) is 0 Å². The summed E-state index contributed by atoms with van der Waals surface area (Å²) >= 11 is 0. The third-order valence-corrected chi connectivity index (χ3v) is 4.81. The van der Waals surface area contributed by atoms with Gasteiger partial charge in [-0.15, -0.1) is 4.99 Å². The number of unbranched alkanes of at least 4 members (excludes halogenated alkanes) is 3. The Balaban J connectivity index is 2.40. The van der Waals surface area contributed by atoms with Crippen molar-refractivity contribution in [2.45, 2.75) is 45.4 Å². The zero-order chi connectivity index (χ0) is 22.5. The molecule has 0 aliphatic rings. The topological polar surface area (TPSA) is 116 Å². The van der Waals surface area contributed by atoms with E-state index in [1.165, 1.54) is 0 Å². The first-order valence-corrected chi connectivity index (χ1v) is 10.5. The first kappa shape index (κ1) is 23.6. The molecule has 0 amide bonds. The number of guanidine groups is 1. The van der Waals surface area contributed by atoms with E-state index in [4.69, 9.17) is 16.1 Å². The molecule has 2 aromatic rings. The van der Waals surface area contributed by atoms with Crippen LogP contribution >= 0.6 is 0 Å². The zero-order valence-corrected chi connectivity index (χ0v) is 17.9. The number of nitrogens with zero attached hydrogens (tertiary/aromatic N) is 4. The van der Waals surface area contributed by atoms with E-state index in [2.05, 4.69) is 16.9 Å². The second-order valence-corrected chi connectivity index (χ2v) is 7.12. The standard InChI is InChI=1S/C24H29N5O2/c1-2-3-6-15-29(24(26)28-18-25)21-11-7-9-19(16-21)22(12-4-5-13-23(30)31)20-10-8-14-27-17-20/h7-12,14,16-17H,2-6,13,15H2,1H3,(H2,26,28)(H,30,31). The molecule has 0 atom stereocenters. The highest BCUT2D eigenvalue weighted by Crippen LogP contribution is 2.28. The van der Waals surface area contributed by atoms with Crippen molar-refractivity contribution in [3.63, 3.8) is 0 Å². The predicted octanol–water partition coefficient (Wildman–Crippen LogP) is 4.56. The summed E-state index contributed by atoms with van der Waals surface area (Å²) in [5, 5.41) is 17.9. The van der Waals surface area contributed by atoms with Crippen LogP contribution in [-0.2, 0) is 4.79 Å². The van der Waals surface area contributed by atoms with Gasteiger partial charge in [0.1, 0.15) is 0 Å². The Bertz CT molecular complexity index is 948. The van der Waals surface area contributed by atoms with Crippen LogP contribution in [0, 0.1) is 11.5 Å². The number of aromatic nitrogens is 1. The molecule has 7 heteroatoms. The van der Waals surface area contributed by atoms with Gasteiger partial charge in [0.15, 0.2) is 0 Å². The summed E-state index contributed by atoms with van der Waals surface area (Å²) in [6.07, 6.45) is 11.7. The molecule has 0 saturated heterocycles. The molecule has 1 heterocycles. The molecule has 0 saturated carbocycles. The maximum atomic E-state index is 10.8. The molecule has 0 bridgehead atoms. The summed E-state index contributed by atoms with van der Waals surface area (Å²) in [4.78, 5) is 20.7. The third kappa shape index (κ3) is 7.59. The highest BCUT2D eigenvalue weighted by Gasteiger charge is 2.13. The Morgan fingerprint density at radius 3 is 2.74 bits per heavy atom. The highest BCUT2D eigenvalue weighted by atomic mass is 16.4. The van der Waals surface area contributed by atoms with Gasteiger partial charge in [-0.3, -0.25) is 9.78 Å². The van der Waals surface area contributed by atoms with Gasteiger partial charge in [0.05, 0.1) is 0 Å². The van der Waals surface area contributed by atoms with Crippen LogP contribution in [0.2, 0.25) is 0 Å². The van der Waals surface area contributed by atoms with E-state index >= 15 is 0 Å². The van der Waals surface area contributed by atoms with Crippen LogP contribution in [0.15, 0.2) is 59.9 Å². The van der Waals surface area contributed by atoms with Crippen LogP contribution in [0.3, 0.4) is 0 Å². The highest BCUT2D eigenvalue weighted by molar-refractivity contribution is 5.96. The number of aliphatic imine (C=N–C) groups is 1.